The van der Waals surface area contributed by atoms with E-state index in [0.717, 1.165) is 116 Å². The molecule has 0 aliphatic rings. The molecule has 9 heteroatoms. The summed E-state index contributed by atoms with van der Waals surface area (Å²) in [6.07, 6.45) is 84.0. The number of carboxylic acid groups (broad SMARTS) is 1. The van der Waals surface area contributed by atoms with Crippen molar-refractivity contribution in [1.29, 1.82) is 0 Å². The molecule has 0 N–H and O–H groups in total. The number of carbonyl (C=O) groups excluding carboxylic acids is 3. The summed E-state index contributed by atoms with van der Waals surface area (Å²) >= 11 is 0. The Morgan fingerprint density at radius 2 is 0.667 bits per heavy atom. The fraction of sp³-hybridized carbons (Fsp3) is 0.681. The monoisotopic (exact) mass is 1130 g/mol. The van der Waals surface area contributed by atoms with Gasteiger partial charge in [0.05, 0.1) is 40.3 Å². The van der Waals surface area contributed by atoms with Crippen LogP contribution in [0, 0.1) is 0 Å². The lowest BCUT2D eigenvalue weighted by molar-refractivity contribution is -0.870. The standard InChI is InChI=1S/C72H121NO8/c1-6-8-10-12-14-16-18-20-22-24-26-28-30-31-32-33-34-35-36-37-38-39-41-43-45-47-49-51-53-55-57-59-61-63-70(75)81-68(67-80-72(71(76)77)78-65-64-73(3,4)5)66-79-69(74)62-60-58-56-54-52-50-48-46-44-42-40-29-27-25-23-21-19-17-15-13-11-9-7-2/h8-11,14-17,20-23,26-29,31-32,42,44,68,72H,6-7,12-13,18-19,24-25,30,33-41,43,45-67H2,1-5H3/b10-8-,11-9-,16-14-,17-15-,22-20-,23-21-,28-26-,29-27-,32-31-,44-42-. The summed E-state index contributed by atoms with van der Waals surface area (Å²) in [5.41, 5.74) is 0. The predicted molar refractivity (Wildman–Crippen MR) is 343 cm³/mol. The molecule has 0 aromatic heterocycles. The van der Waals surface area contributed by atoms with Crippen molar-refractivity contribution in [3.63, 3.8) is 0 Å². The zero-order valence-electron chi connectivity index (χ0n) is 52.6. The van der Waals surface area contributed by atoms with Crippen LogP contribution in [0.5, 0.6) is 0 Å². The Morgan fingerprint density at radius 1 is 0.370 bits per heavy atom. The van der Waals surface area contributed by atoms with Crippen molar-refractivity contribution in [2.45, 2.75) is 270 Å². The zero-order chi connectivity index (χ0) is 59.1. The van der Waals surface area contributed by atoms with E-state index in [-0.39, 0.29) is 38.6 Å². The molecule has 2 unspecified atom stereocenters. The number of hydrogen-bond donors (Lipinski definition) is 0. The van der Waals surface area contributed by atoms with Gasteiger partial charge in [0, 0.05) is 12.8 Å². The summed E-state index contributed by atoms with van der Waals surface area (Å²) in [7, 11) is 5.92. The number of hydrogen-bond acceptors (Lipinski definition) is 8. The summed E-state index contributed by atoms with van der Waals surface area (Å²) in [5, 5.41) is 11.8. The van der Waals surface area contributed by atoms with Crippen LogP contribution >= 0.6 is 0 Å². The second-order valence-electron chi connectivity index (χ2n) is 22.6. The molecule has 0 saturated heterocycles. The lowest BCUT2D eigenvalue weighted by Gasteiger charge is -2.26. The molecule has 0 bridgehead atoms. The number of rotatable bonds is 59. The van der Waals surface area contributed by atoms with E-state index in [1.165, 1.54) is 109 Å². The SMILES string of the molecule is CC/C=C\C/C=C\C/C=C\C/C=C\C/C=C\CCCCCCCCCCCCCCCCCCCC(=O)OC(COC(=O)CCCCCCCCC/C=C\C/C=C\C/C=C\C/C=C\C/C=C\CC)COC(OCC[N+](C)(C)C)C(=O)[O-]. The van der Waals surface area contributed by atoms with Crippen LogP contribution in [0.25, 0.3) is 0 Å². The van der Waals surface area contributed by atoms with Crippen LogP contribution < -0.4 is 5.11 Å². The van der Waals surface area contributed by atoms with Gasteiger partial charge in [-0.3, -0.25) is 9.59 Å². The quantitative estimate of drug-likeness (QED) is 0.0195. The van der Waals surface area contributed by atoms with Crippen LogP contribution in [0.3, 0.4) is 0 Å². The van der Waals surface area contributed by atoms with E-state index in [4.69, 9.17) is 18.9 Å². The molecule has 0 spiro atoms. The Kier molecular flexibility index (Phi) is 58.5. The van der Waals surface area contributed by atoms with Gasteiger partial charge in [-0.2, -0.15) is 0 Å². The first kappa shape index (κ1) is 76.7. The van der Waals surface area contributed by atoms with Crippen molar-refractivity contribution in [1.82, 2.24) is 0 Å². The van der Waals surface area contributed by atoms with Gasteiger partial charge in [-0.1, -0.05) is 264 Å². The summed E-state index contributed by atoms with van der Waals surface area (Å²) in [5.74, 6) is -2.30. The molecule has 462 valence electrons. The molecule has 0 heterocycles. The fourth-order valence-corrected chi connectivity index (χ4v) is 8.77. The Morgan fingerprint density at radius 3 is 0.988 bits per heavy atom. The molecular weight excluding hydrogens is 1010 g/mol. The molecular formula is C72H121NO8. The second kappa shape index (κ2) is 61.8. The maximum absolute atomic E-state index is 12.9. The van der Waals surface area contributed by atoms with Gasteiger partial charge in [-0.15, -0.1) is 0 Å². The van der Waals surface area contributed by atoms with Crippen LogP contribution in [-0.2, 0) is 33.3 Å². The van der Waals surface area contributed by atoms with Crippen molar-refractivity contribution in [3.05, 3.63) is 122 Å². The molecule has 0 aliphatic carbocycles. The predicted octanol–water partition coefficient (Wildman–Crippen LogP) is 18.7. The number of carboxylic acids is 1. The number of ether oxygens (including phenoxy) is 4. The van der Waals surface area contributed by atoms with Gasteiger partial charge in [0.15, 0.2) is 12.4 Å². The highest BCUT2D eigenvalue weighted by atomic mass is 16.7. The summed E-state index contributed by atoms with van der Waals surface area (Å²) in [6.45, 7) is 4.51. The highest BCUT2D eigenvalue weighted by Crippen LogP contribution is 2.16. The minimum atomic E-state index is -1.63. The Balaban J connectivity index is 4.16. The fourth-order valence-electron chi connectivity index (χ4n) is 8.77. The average Bonchev–Trinajstić information content (AvgIpc) is 3.44. The van der Waals surface area contributed by atoms with Crippen molar-refractivity contribution >= 4 is 17.9 Å². The van der Waals surface area contributed by atoms with Crippen LogP contribution in [0.4, 0.5) is 0 Å². The Labute approximate surface area is 497 Å². The number of quaternary nitrogens is 1. The van der Waals surface area contributed by atoms with Crippen LogP contribution in [0.1, 0.15) is 258 Å². The molecule has 0 radical (unpaired) electrons. The average molecular weight is 1130 g/mol. The molecule has 0 aliphatic heterocycles. The largest absolute Gasteiger partial charge is 0.545 e. The van der Waals surface area contributed by atoms with E-state index in [0.29, 0.717) is 17.4 Å². The number of likely N-dealkylation sites (N-methyl/N-ethyl adjacent to an activating group) is 1. The molecule has 0 rings (SSSR count). The van der Waals surface area contributed by atoms with Crippen LogP contribution in [0.15, 0.2) is 122 Å². The highest BCUT2D eigenvalue weighted by Gasteiger charge is 2.22. The van der Waals surface area contributed by atoms with E-state index >= 15 is 0 Å². The third-order valence-corrected chi connectivity index (χ3v) is 13.7. The van der Waals surface area contributed by atoms with Crippen molar-refractivity contribution < 1.29 is 42.9 Å². The van der Waals surface area contributed by atoms with Gasteiger partial charge in [-0.05, 0) is 103 Å². The highest BCUT2D eigenvalue weighted by molar-refractivity contribution is 5.70. The molecule has 0 aromatic rings. The van der Waals surface area contributed by atoms with E-state index < -0.39 is 24.3 Å². The van der Waals surface area contributed by atoms with Crippen molar-refractivity contribution in [2.24, 2.45) is 0 Å². The van der Waals surface area contributed by atoms with Gasteiger partial charge in [-0.25, -0.2) is 0 Å². The normalized spacial score (nSPS) is 13.5. The third-order valence-electron chi connectivity index (χ3n) is 13.7. The number of unbranched alkanes of at least 4 members (excludes halogenated alkanes) is 24. The lowest BCUT2D eigenvalue weighted by Crippen LogP contribution is -2.44. The smallest absolute Gasteiger partial charge is 0.306 e. The number of carbonyl (C=O) groups is 3. The molecule has 2 atom stereocenters. The maximum Gasteiger partial charge on any atom is 0.306 e. The summed E-state index contributed by atoms with van der Waals surface area (Å²) < 4.78 is 22.8. The molecule has 9 nitrogen and oxygen atoms in total. The van der Waals surface area contributed by atoms with E-state index in [2.05, 4.69) is 135 Å². The summed E-state index contributed by atoms with van der Waals surface area (Å²) in [6, 6.07) is 0. The number of aliphatic carboxylic acids is 1. The Bertz CT molecular complexity index is 1740. The first-order chi connectivity index (χ1) is 39.6. The van der Waals surface area contributed by atoms with Crippen molar-refractivity contribution in [3.8, 4) is 0 Å². The minimum absolute atomic E-state index is 0.141. The third kappa shape index (κ3) is 63.1. The molecule has 0 fully saturated rings. The number of nitrogens with zero attached hydrogens (tertiary/aromatic N) is 1. The topological polar surface area (TPSA) is 111 Å². The van der Waals surface area contributed by atoms with Crippen molar-refractivity contribution in [2.75, 3.05) is 47.5 Å². The van der Waals surface area contributed by atoms with Crippen LogP contribution in [-0.4, -0.2) is 82.3 Å². The lowest BCUT2D eigenvalue weighted by atomic mass is 10.0. The van der Waals surface area contributed by atoms with Gasteiger partial charge in [0.2, 0.25) is 0 Å². The molecule has 81 heavy (non-hydrogen) atoms. The second-order valence-corrected chi connectivity index (χ2v) is 22.6. The van der Waals surface area contributed by atoms with E-state index in [1.807, 2.05) is 21.1 Å². The molecule has 0 saturated carbocycles. The Hall–Kier alpha value is -4.31. The zero-order valence-corrected chi connectivity index (χ0v) is 52.6. The van der Waals surface area contributed by atoms with Gasteiger partial charge in [0.25, 0.3) is 0 Å². The van der Waals surface area contributed by atoms with Gasteiger partial charge >= 0.3 is 11.9 Å². The minimum Gasteiger partial charge on any atom is -0.545 e. The molecule has 0 aromatic carbocycles. The first-order valence-electron chi connectivity index (χ1n) is 32.7. The number of allylic oxidation sites excluding steroid dienone is 20. The van der Waals surface area contributed by atoms with E-state index in [9.17, 15) is 19.5 Å². The van der Waals surface area contributed by atoms with Gasteiger partial charge in [0.1, 0.15) is 13.2 Å². The maximum atomic E-state index is 12.9. The first-order valence-corrected chi connectivity index (χ1v) is 32.7. The number of esters is 2. The van der Waals surface area contributed by atoms with E-state index in [1.54, 1.807) is 0 Å². The van der Waals surface area contributed by atoms with Crippen LogP contribution in [0.2, 0.25) is 0 Å². The van der Waals surface area contributed by atoms with Gasteiger partial charge < -0.3 is 33.3 Å². The summed E-state index contributed by atoms with van der Waals surface area (Å²) in [4.78, 5) is 37.4. The molecule has 0 amide bonds.